The molecule has 0 fully saturated rings. The van der Waals surface area contributed by atoms with Gasteiger partial charge in [0.25, 0.3) is 5.91 Å². The Bertz CT molecular complexity index is 464. The molecule has 0 saturated heterocycles. The standard InChI is InChI=1S/C14H24N4O/c1-5-7-17-8-6-9-18-12(10-17)11(2)13(15-18)14(19)16(3)4/h5-10H2,1-4H3. The Morgan fingerprint density at radius 1 is 1.37 bits per heavy atom. The molecular weight excluding hydrogens is 240 g/mol. The van der Waals surface area contributed by atoms with Gasteiger partial charge in [-0.1, -0.05) is 6.92 Å². The Hall–Kier alpha value is -1.36. The fraction of sp³-hybridized carbons (Fsp3) is 0.714. The average molecular weight is 264 g/mol. The molecule has 0 bridgehead atoms. The van der Waals surface area contributed by atoms with Gasteiger partial charge >= 0.3 is 0 Å². The second-order valence-electron chi connectivity index (χ2n) is 5.47. The maximum Gasteiger partial charge on any atom is 0.274 e. The van der Waals surface area contributed by atoms with Crippen LogP contribution in [0.25, 0.3) is 0 Å². The van der Waals surface area contributed by atoms with E-state index in [2.05, 4.69) is 16.9 Å². The molecule has 1 amide bonds. The molecule has 0 spiro atoms. The number of hydrogen-bond acceptors (Lipinski definition) is 3. The summed E-state index contributed by atoms with van der Waals surface area (Å²) in [6, 6.07) is 0. The molecule has 106 valence electrons. The largest absolute Gasteiger partial charge is 0.343 e. The third-order valence-corrected chi connectivity index (χ3v) is 3.69. The van der Waals surface area contributed by atoms with Crippen molar-refractivity contribution in [1.82, 2.24) is 19.6 Å². The van der Waals surface area contributed by atoms with E-state index in [1.54, 1.807) is 19.0 Å². The van der Waals surface area contributed by atoms with E-state index in [1.165, 1.54) is 5.69 Å². The van der Waals surface area contributed by atoms with Crippen molar-refractivity contribution in [2.75, 3.05) is 27.2 Å². The predicted octanol–water partition coefficient (Wildman–Crippen LogP) is 1.51. The van der Waals surface area contributed by atoms with Crippen LogP contribution in [0, 0.1) is 6.92 Å². The fourth-order valence-electron chi connectivity index (χ4n) is 2.63. The molecule has 0 aliphatic carbocycles. The molecule has 0 radical (unpaired) electrons. The highest BCUT2D eigenvalue weighted by atomic mass is 16.2. The fourth-order valence-corrected chi connectivity index (χ4v) is 2.63. The van der Waals surface area contributed by atoms with Gasteiger partial charge in [-0.05, 0) is 26.3 Å². The van der Waals surface area contributed by atoms with Crippen molar-refractivity contribution in [2.24, 2.45) is 0 Å². The number of hydrogen-bond donors (Lipinski definition) is 0. The molecular formula is C14H24N4O. The second kappa shape index (κ2) is 5.74. The van der Waals surface area contributed by atoms with Gasteiger partial charge in [-0.25, -0.2) is 0 Å². The molecule has 0 saturated carbocycles. The Balaban J connectivity index is 2.30. The van der Waals surface area contributed by atoms with Crippen molar-refractivity contribution >= 4 is 5.91 Å². The average Bonchev–Trinajstić information content (AvgIpc) is 2.56. The first-order chi connectivity index (χ1) is 9.04. The Labute approximate surface area is 115 Å². The summed E-state index contributed by atoms with van der Waals surface area (Å²) in [7, 11) is 3.55. The summed E-state index contributed by atoms with van der Waals surface area (Å²) in [5.41, 5.74) is 2.86. The maximum absolute atomic E-state index is 12.1. The third-order valence-electron chi connectivity index (χ3n) is 3.69. The first-order valence-electron chi connectivity index (χ1n) is 7.04. The maximum atomic E-state index is 12.1. The zero-order chi connectivity index (χ0) is 14.0. The Morgan fingerprint density at radius 2 is 2.11 bits per heavy atom. The van der Waals surface area contributed by atoms with Gasteiger partial charge in [-0.15, -0.1) is 0 Å². The van der Waals surface area contributed by atoms with Crippen molar-refractivity contribution in [3.05, 3.63) is 17.0 Å². The minimum absolute atomic E-state index is 0.000106. The van der Waals surface area contributed by atoms with Crippen LogP contribution < -0.4 is 0 Å². The monoisotopic (exact) mass is 264 g/mol. The summed E-state index contributed by atoms with van der Waals surface area (Å²) in [5, 5.41) is 4.52. The number of nitrogens with zero attached hydrogens (tertiary/aromatic N) is 4. The minimum Gasteiger partial charge on any atom is -0.343 e. The molecule has 2 heterocycles. The van der Waals surface area contributed by atoms with E-state index < -0.39 is 0 Å². The van der Waals surface area contributed by atoms with E-state index in [9.17, 15) is 4.79 Å². The molecule has 0 unspecified atom stereocenters. The molecule has 2 rings (SSSR count). The second-order valence-corrected chi connectivity index (χ2v) is 5.47. The van der Waals surface area contributed by atoms with Gasteiger partial charge in [0.1, 0.15) is 0 Å². The summed E-state index contributed by atoms with van der Waals surface area (Å²) in [4.78, 5) is 16.2. The van der Waals surface area contributed by atoms with Crippen LogP contribution in [0.5, 0.6) is 0 Å². The van der Waals surface area contributed by atoms with Crippen molar-refractivity contribution in [2.45, 2.75) is 39.8 Å². The van der Waals surface area contributed by atoms with E-state index in [1.807, 2.05) is 11.6 Å². The molecule has 5 nitrogen and oxygen atoms in total. The lowest BCUT2D eigenvalue weighted by molar-refractivity contribution is 0.0820. The van der Waals surface area contributed by atoms with Gasteiger partial charge in [-0.3, -0.25) is 14.4 Å². The van der Waals surface area contributed by atoms with Gasteiger partial charge in [-0.2, -0.15) is 5.10 Å². The summed E-state index contributed by atoms with van der Waals surface area (Å²) in [6.45, 7) is 8.28. The highest BCUT2D eigenvalue weighted by Gasteiger charge is 2.24. The topological polar surface area (TPSA) is 41.4 Å². The van der Waals surface area contributed by atoms with Crippen molar-refractivity contribution in [1.29, 1.82) is 0 Å². The van der Waals surface area contributed by atoms with E-state index in [0.29, 0.717) is 5.69 Å². The molecule has 1 aliphatic rings. The highest BCUT2D eigenvalue weighted by molar-refractivity contribution is 5.93. The van der Waals surface area contributed by atoms with E-state index >= 15 is 0 Å². The minimum atomic E-state index is 0.000106. The molecule has 0 aromatic carbocycles. The number of amides is 1. The number of fused-ring (bicyclic) bond motifs is 1. The quantitative estimate of drug-likeness (QED) is 0.831. The molecule has 1 aromatic rings. The van der Waals surface area contributed by atoms with Crippen molar-refractivity contribution in [3.8, 4) is 0 Å². The lowest BCUT2D eigenvalue weighted by Gasteiger charge is -2.18. The number of rotatable bonds is 3. The molecule has 1 aliphatic heterocycles. The lowest BCUT2D eigenvalue weighted by atomic mass is 10.2. The Morgan fingerprint density at radius 3 is 2.74 bits per heavy atom. The first-order valence-corrected chi connectivity index (χ1v) is 7.04. The zero-order valence-corrected chi connectivity index (χ0v) is 12.4. The smallest absolute Gasteiger partial charge is 0.274 e. The van der Waals surface area contributed by atoms with Crippen LogP contribution in [-0.4, -0.2) is 52.7 Å². The van der Waals surface area contributed by atoms with Crippen LogP contribution in [0.1, 0.15) is 41.5 Å². The van der Waals surface area contributed by atoms with Gasteiger partial charge in [0, 0.05) is 39.3 Å². The third kappa shape index (κ3) is 2.81. The van der Waals surface area contributed by atoms with E-state index in [4.69, 9.17) is 0 Å². The summed E-state index contributed by atoms with van der Waals surface area (Å²) in [5.74, 6) is 0.000106. The van der Waals surface area contributed by atoms with Gasteiger partial charge < -0.3 is 4.90 Å². The van der Waals surface area contributed by atoms with Crippen LogP contribution in [-0.2, 0) is 13.1 Å². The van der Waals surface area contributed by atoms with Gasteiger partial charge in [0.05, 0.1) is 5.69 Å². The van der Waals surface area contributed by atoms with Crippen LogP contribution in [0.2, 0.25) is 0 Å². The Kier molecular flexibility index (Phi) is 4.24. The highest BCUT2D eigenvalue weighted by Crippen LogP contribution is 2.20. The number of aromatic nitrogens is 2. The lowest BCUT2D eigenvalue weighted by Crippen LogP contribution is -2.25. The number of carbonyl (C=O) groups excluding carboxylic acids is 1. The number of aryl methyl sites for hydroxylation is 1. The first kappa shape index (κ1) is 14.1. The summed E-state index contributed by atoms with van der Waals surface area (Å²) in [6.07, 6.45) is 2.26. The summed E-state index contributed by atoms with van der Waals surface area (Å²) >= 11 is 0. The van der Waals surface area contributed by atoms with Crippen LogP contribution >= 0.6 is 0 Å². The van der Waals surface area contributed by atoms with Crippen LogP contribution in [0.3, 0.4) is 0 Å². The molecule has 19 heavy (non-hydrogen) atoms. The molecule has 1 aromatic heterocycles. The normalized spacial score (nSPS) is 16.0. The van der Waals surface area contributed by atoms with Crippen molar-refractivity contribution < 1.29 is 4.79 Å². The molecule has 0 atom stereocenters. The SMILES string of the molecule is CCCN1CCCn2nc(C(=O)N(C)C)c(C)c2C1. The molecule has 5 heteroatoms. The van der Waals surface area contributed by atoms with Crippen molar-refractivity contribution in [3.63, 3.8) is 0 Å². The van der Waals surface area contributed by atoms with Crippen LogP contribution in [0.15, 0.2) is 0 Å². The van der Waals surface area contributed by atoms with E-state index in [-0.39, 0.29) is 5.91 Å². The van der Waals surface area contributed by atoms with E-state index in [0.717, 1.165) is 44.6 Å². The van der Waals surface area contributed by atoms with Crippen LogP contribution in [0.4, 0.5) is 0 Å². The zero-order valence-electron chi connectivity index (χ0n) is 12.4. The number of carbonyl (C=O) groups is 1. The molecule has 0 N–H and O–H groups in total. The van der Waals surface area contributed by atoms with Gasteiger partial charge in [0.15, 0.2) is 5.69 Å². The summed E-state index contributed by atoms with van der Waals surface area (Å²) < 4.78 is 2.03. The van der Waals surface area contributed by atoms with Gasteiger partial charge in [0.2, 0.25) is 0 Å². The predicted molar refractivity (Wildman–Crippen MR) is 75.2 cm³/mol.